The zero-order valence-corrected chi connectivity index (χ0v) is 7.32. The Bertz CT molecular complexity index is 423. The molecule has 1 atom stereocenters. The summed E-state index contributed by atoms with van der Waals surface area (Å²) in [5.41, 5.74) is -0.0582. The fourth-order valence-corrected chi connectivity index (χ4v) is 1.59. The molecule has 0 aliphatic carbocycles. The number of carbonyl (C=O) groups is 1. The van der Waals surface area contributed by atoms with Crippen molar-refractivity contribution in [1.82, 2.24) is 4.98 Å². The minimum atomic E-state index is -0.980. The van der Waals surface area contributed by atoms with Crippen LogP contribution in [-0.2, 0) is 4.79 Å². The molecule has 5 nitrogen and oxygen atoms in total. The lowest BCUT2D eigenvalue weighted by molar-refractivity contribution is -0.139. The Morgan fingerprint density at radius 2 is 2.43 bits per heavy atom. The zero-order valence-electron chi connectivity index (χ0n) is 7.32. The number of carboxylic acids is 1. The van der Waals surface area contributed by atoms with E-state index < -0.39 is 11.9 Å². The van der Waals surface area contributed by atoms with Gasteiger partial charge in [-0.3, -0.25) is 9.59 Å². The third-order valence-corrected chi connectivity index (χ3v) is 2.26. The largest absolute Gasteiger partial charge is 0.481 e. The van der Waals surface area contributed by atoms with Crippen LogP contribution in [0.1, 0.15) is 17.9 Å². The van der Waals surface area contributed by atoms with Crippen molar-refractivity contribution in [1.29, 1.82) is 0 Å². The Balaban J connectivity index is 2.58. The molecule has 0 radical (unpaired) electrons. The molecule has 1 aromatic rings. The molecule has 2 heterocycles. The quantitative estimate of drug-likeness (QED) is 0.676. The molecule has 74 valence electrons. The number of pyridine rings is 1. The maximum atomic E-state index is 11.4. The van der Waals surface area contributed by atoms with Crippen LogP contribution in [0.15, 0.2) is 17.1 Å². The number of H-pyrrole nitrogens is 1. The lowest BCUT2D eigenvalue weighted by Gasteiger charge is -2.21. The highest BCUT2D eigenvalue weighted by Gasteiger charge is 2.30. The molecule has 1 aliphatic heterocycles. The van der Waals surface area contributed by atoms with E-state index >= 15 is 0 Å². The number of aromatic nitrogens is 1. The van der Waals surface area contributed by atoms with Gasteiger partial charge in [0.15, 0.2) is 11.3 Å². The van der Waals surface area contributed by atoms with Crippen LogP contribution in [0.5, 0.6) is 5.88 Å². The predicted octanol–water partition coefficient (Wildman–Crippen LogP) is 0.326. The van der Waals surface area contributed by atoms with E-state index in [0.717, 1.165) is 0 Å². The number of aliphatic carboxylic acids is 1. The number of carboxylic acid groups (broad SMARTS) is 1. The third kappa shape index (κ3) is 1.26. The van der Waals surface area contributed by atoms with E-state index in [1.807, 2.05) is 0 Å². The molecule has 0 saturated carbocycles. The van der Waals surface area contributed by atoms with Crippen molar-refractivity contribution in [2.24, 2.45) is 0 Å². The van der Waals surface area contributed by atoms with Gasteiger partial charge in [-0.1, -0.05) is 0 Å². The van der Waals surface area contributed by atoms with Crippen molar-refractivity contribution in [3.63, 3.8) is 0 Å². The SMILES string of the molecule is O=C(O)C1CCOc2[nH]ccc(=O)c21. The highest BCUT2D eigenvalue weighted by molar-refractivity contribution is 5.77. The van der Waals surface area contributed by atoms with E-state index in [0.29, 0.717) is 13.0 Å². The number of fused-ring (bicyclic) bond motifs is 1. The van der Waals surface area contributed by atoms with Gasteiger partial charge in [0.25, 0.3) is 0 Å². The average Bonchev–Trinajstić information content (AvgIpc) is 2.17. The first kappa shape index (κ1) is 8.80. The molecule has 0 amide bonds. The maximum Gasteiger partial charge on any atom is 0.311 e. The number of aromatic amines is 1. The van der Waals surface area contributed by atoms with Crippen molar-refractivity contribution < 1.29 is 14.6 Å². The predicted molar refractivity (Wildman–Crippen MR) is 47.6 cm³/mol. The number of nitrogens with one attached hydrogen (secondary N) is 1. The Kier molecular flexibility index (Phi) is 1.99. The van der Waals surface area contributed by atoms with Crippen LogP contribution in [0.25, 0.3) is 0 Å². The van der Waals surface area contributed by atoms with E-state index in [-0.39, 0.29) is 16.9 Å². The van der Waals surface area contributed by atoms with Crippen molar-refractivity contribution >= 4 is 5.97 Å². The fraction of sp³-hybridized carbons (Fsp3) is 0.333. The Morgan fingerprint density at radius 3 is 3.14 bits per heavy atom. The van der Waals surface area contributed by atoms with E-state index in [9.17, 15) is 9.59 Å². The molecular formula is C9H9NO4. The summed E-state index contributed by atoms with van der Waals surface area (Å²) in [5.74, 6) is -1.44. The second-order valence-electron chi connectivity index (χ2n) is 3.11. The van der Waals surface area contributed by atoms with Gasteiger partial charge in [-0.2, -0.15) is 0 Å². The Labute approximate surface area is 79.3 Å². The van der Waals surface area contributed by atoms with Gasteiger partial charge in [0.05, 0.1) is 18.1 Å². The van der Waals surface area contributed by atoms with Gasteiger partial charge in [-0.25, -0.2) is 0 Å². The van der Waals surface area contributed by atoms with Crippen LogP contribution in [-0.4, -0.2) is 22.7 Å². The summed E-state index contributed by atoms with van der Waals surface area (Å²) >= 11 is 0. The summed E-state index contributed by atoms with van der Waals surface area (Å²) in [7, 11) is 0. The molecular weight excluding hydrogens is 186 g/mol. The standard InChI is InChI=1S/C9H9NO4/c11-6-1-3-10-8-7(6)5(9(12)13)2-4-14-8/h1,3,5H,2,4H2,(H,10,11)(H,12,13). The minimum absolute atomic E-state index is 0.228. The van der Waals surface area contributed by atoms with E-state index in [4.69, 9.17) is 9.84 Å². The molecule has 0 saturated heterocycles. The summed E-state index contributed by atoms with van der Waals surface area (Å²) in [6, 6.07) is 1.31. The van der Waals surface area contributed by atoms with Crippen molar-refractivity contribution in [2.45, 2.75) is 12.3 Å². The summed E-state index contributed by atoms with van der Waals surface area (Å²) in [5, 5.41) is 8.90. The van der Waals surface area contributed by atoms with Crippen molar-refractivity contribution in [3.8, 4) is 5.88 Å². The van der Waals surface area contributed by atoms with Crippen LogP contribution in [0.4, 0.5) is 0 Å². The highest BCUT2D eigenvalue weighted by atomic mass is 16.5. The molecule has 2 rings (SSSR count). The molecule has 1 aliphatic rings. The molecule has 0 bridgehead atoms. The molecule has 0 spiro atoms. The molecule has 0 fully saturated rings. The van der Waals surface area contributed by atoms with E-state index in [1.54, 1.807) is 0 Å². The first-order chi connectivity index (χ1) is 6.70. The van der Waals surface area contributed by atoms with Gasteiger partial charge in [-0.15, -0.1) is 0 Å². The fourth-order valence-electron chi connectivity index (χ4n) is 1.59. The average molecular weight is 195 g/mol. The van der Waals surface area contributed by atoms with Gasteiger partial charge in [0.1, 0.15) is 0 Å². The first-order valence-electron chi connectivity index (χ1n) is 4.27. The number of rotatable bonds is 1. The zero-order chi connectivity index (χ0) is 10.1. The number of hydrogen-bond acceptors (Lipinski definition) is 3. The number of ether oxygens (including phenoxy) is 1. The third-order valence-electron chi connectivity index (χ3n) is 2.26. The Morgan fingerprint density at radius 1 is 1.64 bits per heavy atom. The maximum absolute atomic E-state index is 11.4. The van der Waals surface area contributed by atoms with Gasteiger partial charge in [0, 0.05) is 12.3 Å². The van der Waals surface area contributed by atoms with Crippen molar-refractivity contribution in [2.75, 3.05) is 6.61 Å². The van der Waals surface area contributed by atoms with E-state index in [2.05, 4.69) is 4.98 Å². The summed E-state index contributed by atoms with van der Waals surface area (Å²) in [6.45, 7) is 0.323. The second-order valence-corrected chi connectivity index (χ2v) is 3.11. The highest BCUT2D eigenvalue weighted by Crippen LogP contribution is 2.28. The summed E-state index contributed by atoms with van der Waals surface area (Å²) in [6.07, 6.45) is 1.79. The molecule has 5 heteroatoms. The molecule has 14 heavy (non-hydrogen) atoms. The topological polar surface area (TPSA) is 79.4 Å². The molecule has 1 aromatic heterocycles. The van der Waals surface area contributed by atoms with Crippen LogP contribution >= 0.6 is 0 Å². The lowest BCUT2D eigenvalue weighted by Crippen LogP contribution is -2.27. The van der Waals surface area contributed by atoms with Gasteiger partial charge in [0.2, 0.25) is 0 Å². The molecule has 2 N–H and O–H groups in total. The molecule has 1 unspecified atom stereocenters. The van der Waals surface area contributed by atoms with Crippen LogP contribution in [0, 0.1) is 0 Å². The Hall–Kier alpha value is -1.78. The first-order valence-corrected chi connectivity index (χ1v) is 4.27. The number of hydrogen-bond donors (Lipinski definition) is 2. The lowest BCUT2D eigenvalue weighted by atomic mass is 9.95. The van der Waals surface area contributed by atoms with Gasteiger partial charge < -0.3 is 14.8 Å². The summed E-state index contributed by atoms with van der Waals surface area (Å²) in [4.78, 5) is 25.0. The van der Waals surface area contributed by atoms with Crippen molar-refractivity contribution in [3.05, 3.63) is 28.0 Å². The molecule has 0 aromatic carbocycles. The summed E-state index contributed by atoms with van der Waals surface area (Å²) < 4.78 is 5.17. The van der Waals surface area contributed by atoms with Gasteiger partial charge >= 0.3 is 5.97 Å². The van der Waals surface area contributed by atoms with E-state index in [1.165, 1.54) is 12.3 Å². The second kappa shape index (κ2) is 3.17. The van der Waals surface area contributed by atoms with Crippen LogP contribution in [0.3, 0.4) is 0 Å². The van der Waals surface area contributed by atoms with Crippen LogP contribution in [0.2, 0.25) is 0 Å². The normalized spacial score (nSPS) is 19.6. The minimum Gasteiger partial charge on any atom is -0.481 e. The van der Waals surface area contributed by atoms with Gasteiger partial charge in [-0.05, 0) is 6.42 Å². The monoisotopic (exact) mass is 195 g/mol. The smallest absolute Gasteiger partial charge is 0.311 e. The van der Waals surface area contributed by atoms with Crippen LogP contribution < -0.4 is 10.2 Å².